The van der Waals surface area contributed by atoms with E-state index in [1.165, 1.54) is 6.07 Å². The van der Waals surface area contributed by atoms with Gasteiger partial charge in [0.2, 0.25) is 0 Å². The summed E-state index contributed by atoms with van der Waals surface area (Å²) in [6.45, 7) is 0. The fraction of sp³-hybridized carbons (Fsp3) is 0.0500. The molecule has 0 fully saturated rings. The second-order valence-corrected chi connectivity index (χ2v) is 6.95. The second-order valence-electron chi connectivity index (χ2n) is 5.91. The maximum absolute atomic E-state index is 13.9. The Morgan fingerprint density at radius 1 is 0.903 bits per heavy atom. The third kappa shape index (κ3) is 5.37. The molecule has 0 spiro atoms. The molecule has 11 heteroatoms. The number of hydrogen-bond acceptors (Lipinski definition) is 4. The molecule has 4 aromatic rings. The van der Waals surface area contributed by atoms with Gasteiger partial charge in [0.05, 0.1) is 15.9 Å². The summed E-state index contributed by atoms with van der Waals surface area (Å²) in [4.78, 5) is 11.7. The van der Waals surface area contributed by atoms with E-state index in [2.05, 4.69) is 27.2 Å². The maximum Gasteiger partial charge on any atom is 2.00 e. The van der Waals surface area contributed by atoms with Crippen molar-refractivity contribution in [2.45, 2.75) is 16.2 Å². The number of nitrogens with zero attached hydrogens (tertiary/aromatic N) is 4. The van der Waals surface area contributed by atoms with Gasteiger partial charge >= 0.3 is 27.2 Å². The average molecular weight is 627 g/mol. The van der Waals surface area contributed by atoms with Crippen LogP contribution in [-0.2, 0) is 27.2 Å². The van der Waals surface area contributed by atoms with Gasteiger partial charge in [-0.05, 0) is 23.4 Å². The summed E-state index contributed by atoms with van der Waals surface area (Å²) < 4.78 is 66.4. The number of pyridine rings is 3. The summed E-state index contributed by atoms with van der Waals surface area (Å²) >= 11 is 1.12. The molecule has 0 saturated heterocycles. The van der Waals surface area contributed by atoms with Crippen molar-refractivity contribution in [3.63, 3.8) is 0 Å². The van der Waals surface area contributed by atoms with Gasteiger partial charge in [-0.1, -0.05) is 53.9 Å². The first-order valence-electron chi connectivity index (χ1n) is 8.33. The van der Waals surface area contributed by atoms with E-state index < -0.39 is 23.6 Å². The van der Waals surface area contributed by atoms with E-state index in [0.717, 1.165) is 34.7 Å². The molecular formula is C20H9F5N4PtS. The zero-order valence-corrected chi connectivity index (χ0v) is 18.2. The van der Waals surface area contributed by atoms with Crippen LogP contribution in [0.15, 0.2) is 64.8 Å². The average Bonchev–Trinajstić information content (AvgIpc) is 3.19. The molecule has 31 heavy (non-hydrogen) atoms. The van der Waals surface area contributed by atoms with E-state index in [4.69, 9.17) is 0 Å². The molecule has 0 unspecified atom stereocenters. The van der Waals surface area contributed by atoms with Crippen LogP contribution in [0, 0.1) is 24.2 Å². The molecule has 0 aliphatic heterocycles. The SMILES string of the molecule is Fc1c[c-]c(-c2cccc(Sc3cccc(-n4[c-]cc(C(F)(F)F)c4)n3)n2)c(F)n1.[Pt+2]. The summed E-state index contributed by atoms with van der Waals surface area (Å²) in [6.07, 6.45) is -1.09. The summed E-state index contributed by atoms with van der Waals surface area (Å²) in [5.41, 5.74) is -0.709. The van der Waals surface area contributed by atoms with Crippen molar-refractivity contribution >= 4 is 11.8 Å². The minimum Gasteiger partial charge on any atom is -0.435 e. The Bertz CT molecular complexity index is 1210. The number of aromatic nitrogens is 4. The fourth-order valence-electron chi connectivity index (χ4n) is 2.51. The van der Waals surface area contributed by atoms with Gasteiger partial charge in [-0.3, -0.25) is 15.0 Å². The largest absolute Gasteiger partial charge is 2.00 e. The molecule has 4 heterocycles. The predicted octanol–water partition coefficient (Wildman–Crippen LogP) is 5.38. The number of halogens is 5. The minimum absolute atomic E-state index is 0. The van der Waals surface area contributed by atoms with Crippen LogP contribution in [0.3, 0.4) is 0 Å². The van der Waals surface area contributed by atoms with Crippen LogP contribution < -0.4 is 0 Å². The van der Waals surface area contributed by atoms with Crippen molar-refractivity contribution in [2.24, 2.45) is 0 Å². The quantitative estimate of drug-likeness (QED) is 0.173. The van der Waals surface area contributed by atoms with E-state index in [-0.39, 0.29) is 38.1 Å². The zero-order valence-electron chi connectivity index (χ0n) is 15.1. The molecule has 0 bridgehead atoms. The molecule has 160 valence electrons. The van der Waals surface area contributed by atoms with Gasteiger partial charge in [-0.25, -0.2) is 8.78 Å². The molecule has 0 saturated carbocycles. The third-order valence-corrected chi connectivity index (χ3v) is 4.72. The second kappa shape index (κ2) is 9.28. The Balaban J connectivity index is 0.00000272. The first-order valence-corrected chi connectivity index (χ1v) is 9.15. The maximum atomic E-state index is 13.9. The van der Waals surface area contributed by atoms with Crippen molar-refractivity contribution in [3.05, 3.63) is 84.4 Å². The molecule has 0 amide bonds. The monoisotopic (exact) mass is 627 g/mol. The molecule has 0 atom stereocenters. The fourth-order valence-corrected chi connectivity index (χ4v) is 3.30. The molecule has 0 aromatic carbocycles. The molecule has 4 nitrogen and oxygen atoms in total. The Morgan fingerprint density at radius 3 is 2.29 bits per heavy atom. The molecular weight excluding hydrogens is 618 g/mol. The number of alkyl halides is 3. The van der Waals surface area contributed by atoms with E-state index in [0.29, 0.717) is 10.1 Å². The smallest absolute Gasteiger partial charge is 0.435 e. The summed E-state index contributed by atoms with van der Waals surface area (Å²) in [5.74, 6) is -1.78. The molecule has 4 aromatic heterocycles. The topological polar surface area (TPSA) is 43.6 Å². The summed E-state index contributed by atoms with van der Waals surface area (Å²) in [5, 5.41) is 0.899. The van der Waals surface area contributed by atoms with Gasteiger partial charge < -0.3 is 4.57 Å². The number of hydrogen-bond donors (Lipinski definition) is 0. The Kier molecular flexibility index (Phi) is 6.91. The molecule has 4 rings (SSSR count). The van der Waals surface area contributed by atoms with E-state index >= 15 is 0 Å². The molecule has 0 aliphatic rings. The standard InChI is InChI=1S/C20H9F5N4S.Pt/c21-15-8-7-13(19(22)27-15)14-3-1-5-17(26-14)30-18-6-2-4-16(28-18)29-10-9-12(11-29)20(23,24)25;/h1-6,8-9,11H;/q-2;+2. The third-order valence-electron chi connectivity index (χ3n) is 3.85. The minimum atomic E-state index is -4.47. The van der Waals surface area contributed by atoms with Crippen LogP contribution in [0.25, 0.3) is 17.1 Å². The van der Waals surface area contributed by atoms with Crippen molar-refractivity contribution in [2.75, 3.05) is 0 Å². The zero-order chi connectivity index (χ0) is 21.3. The van der Waals surface area contributed by atoms with Gasteiger partial charge in [-0.2, -0.15) is 13.2 Å². The Morgan fingerprint density at radius 2 is 1.61 bits per heavy atom. The van der Waals surface area contributed by atoms with Gasteiger partial charge in [0, 0.05) is 0 Å². The normalized spacial score (nSPS) is 11.3. The molecule has 0 N–H and O–H groups in total. The van der Waals surface area contributed by atoms with Gasteiger partial charge in [0.25, 0.3) is 0 Å². The van der Waals surface area contributed by atoms with Gasteiger partial charge in [0.15, 0.2) is 0 Å². The molecule has 0 aliphatic carbocycles. The van der Waals surface area contributed by atoms with Crippen molar-refractivity contribution in [1.82, 2.24) is 19.5 Å². The van der Waals surface area contributed by atoms with Gasteiger partial charge in [-0.15, -0.1) is 18.3 Å². The van der Waals surface area contributed by atoms with Crippen molar-refractivity contribution in [1.29, 1.82) is 0 Å². The van der Waals surface area contributed by atoms with Gasteiger partial charge in [0.1, 0.15) is 11.9 Å². The van der Waals surface area contributed by atoms with Crippen LogP contribution in [-0.4, -0.2) is 19.5 Å². The van der Waals surface area contributed by atoms with E-state index in [1.54, 1.807) is 30.3 Å². The Hall–Kier alpha value is -2.58. The van der Waals surface area contributed by atoms with Crippen molar-refractivity contribution in [3.8, 4) is 17.1 Å². The van der Waals surface area contributed by atoms with Crippen LogP contribution in [0.2, 0.25) is 0 Å². The van der Waals surface area contributed by atoms with Crippen LogP contribution in [0.5, 0.6) is 0 Å². The predicted molar refractivity (Wildman–Crippen MR) is 97.7 cm³/mol. The van der Waals surface area contributed by atoms with Crippen LogP contribution in [0.4, 0.5) is 22.0 Å². The first kappa shape index (κ1) is 23.1. The first-order chi connectivity index (χ1) is 14.3. The molecule has 0 radical (unpaired) electrons. The summed E-state index contributed by atoms with van der Waals surface area (Å²) in [6, 6.07) is 13.8. The van der Waals surface area contributed by atoms with Crippen LogP contribution in [0.1, 0.15) is 5.56 Å². The van der Waals surface area contributed by atoms with E-state index in [9.17, 15) is 22.0 Å². The van der Waals surface area contributed by atoms with Crippen LogP contribution >= 0.6 is 11.8 Å². The van der Waals surface area contributed by atoms with E-state index in [1.807, 2.05) is 0 Å². The van der Waals surface area contributed by atoms with Crippen molar-refractivity contribution < 1.29 is 43.0 Å². The summed E-state index contributed by atoms with van der Waals surface area (Å²) in [7, 11) is 0. The Labute approximate surface area is 191 Å². The number of rotatable bonds is 4.